The van der Waals surface area contributed by atoms with Crippen molar-refractivity contribution >= 4 is 17.8 Å². The Labute approximate surface area is 100 Å². The molecular weight excluding hydrogens is 214 g/mol. The highest BCUT2D eigenvalue weighted by atomic mass is 16.2. The first-order valence-electron chi connectivity index (χ1n) is 5.67. The summed E-state index contributed by atoms with van der Waals surface area (Å²) in [5.41, 5.74) is 1.17. The summed E-state index contributed by atoms with van der Waals surface area (Å²) in [6, 6.07) is 5.56. The summed E-state index contributed by atoms with van der Waals surface area (Å²) >= 11 is 0. The summed E-state index contributed by atoms with van der Waals surface area (Å²) in [5.74, 6) is 1.07. The van der Waals surface area contributed by atoms with E-state index in [-0.39, 0.29) is 5.91 Å². The van der Waals surface area contributed by atoms with Gasteiger partial charge in [0.1, 0.15) is 11.5 Å². The van der Waals surface area contributed by atoms with Gasteiger partial charge >= 0.3 is 0 Å². The molecule has 0 bridgehead atoms. The molecule has 1 N–H and O–H groups in total. The third-order valence-corrected chi connectivity index (χ3v) is 2.32. The molecule has 4 heteroatoms. The maximum absolute atomic E-state index is 11.6. The third-order valence-electron chi connectivity index (χ3n) is 2.32. The van der Waals surface area contributed by atoms with Crippen LogP contribution in [0.15, 0.2) is 35.1 Å². The van der Waals surface area contributed by atoms with Crippen LogP contribution in [0.25, 0.3) is 6.08 Å². The first kappa shape index (κ1) is 11.5. The molecule has 2 rings (SSSR count). The van der Waals surface area contributed by atoms with Crippen LogP contribution in [0.1, 0.15) is 26.0 Å². The van der Waals surface area contributed by atoms with E-state index < -0.39 is 0 Å². The van der Waals surface area contributed by atoms with Crippen LogP contribution in [-0.4, -0.2) is 16.7 Å². The molecule has 0 aliphatic carbocycles. The largest absolute Gasteiger partial charge is 0.309 e. The van der Waals surface area contributed by atoms with Gasteiger partial charge in [-0.05, 0) is 24.1 Å². The highest BCUT2D eigenvalue weighted by Crippen LogP contribution is 2.13. The van der Waals surface area contributed by atoms with E-state index in [1.54, 1.807) is 12.3 Å². The number of nitrogens with one attached hydrogen (secondary N) is 1. The summed E-state index contributed by atoms with van der Waals surface area (Å²) in [6.45, 7) is 4.18. The Morgan fingerprint density at radius 1 is 1.41 bits per heavy atom. The molecule has 1 aliphatic heterocycles. The van der Waals surface area contributed by atoms with Crippen molar-refractivity contribution in [3.8, 4) is 0 Å². The lowest BCUT2D eigenvalue weighted by Crippen LogP contribution is -2.24. The minimum atomic E-state index is -0.147. The van der Waals surface area contributed by atoms with Crippen molar-refractivity contribution < 1.29 is 4.79 Å². The number of amides is 1. The van der Waals surface area contributed by atoms with E-state index in [0.717, 1.165) is 18.0 Å². The molecule has 0 unspecified atom stereocenters. The second-order valence-electron chi connectivity index (χ2n) is 4.39. The van der Waals surface area contributed by atoms with E-state index in [1.807, 2.05) is 18.2 Å². The number of nitrogens with zero attached hydrogens (tertiary/aromatic N) is 2. The number of rotatable bonds is 3. The van der Waals surface area contributed by atoms with E-state index in [4.69, 9.17) is 0 Å². The van der Waals surface area contributed by atoms with Gasteiger partial charge in [0.25, 0.3) is 5.91 Å². The summed E-state index contributed by atoms with van der Waals surface area (Å²) in [5, 5.41) is 2.77. The number of hydrogen-bond donors (Lipinski definition) is 1. The predicted octanol–water partition coefficient (Wildman–Crippen LogP) is 2.00. The van der Waals surface area contributed by atoms with Crippen LogP contribution in [0.2, 0.25) is 0 Å². The molecule has 1 aliphatic rings. The molecule has 4 nitrogen and oxygen atoms in total. The zero-order valence-corrected chi connectivity index (χ0v) is 9.97. The number of carbonyl (C=O) groups is 1. The van der Waals surface area contributed by atoms with Gasteiger partial charge in [0.2, 0.25) is 0 Å². The van der Waals surface area contributed by atoms with Crippen LogP contribution in [0.4, 0.5) is 0 Å². The summed E-state index contributed by atoms with van der Waals surface area (Å²) in [6.07, 6.45) is 4.17. The van der Waals surface area contributed by atoms with E-state index >= 15 is 0 Å². The Morgan fingerprint density at radius 2 is 2.24 bits per heavy atom. The van der Waals surface area contributed by atoms with Crippen molar-refractivity contribution in [2.75, 3.05) is 0 Å². The molecule has 1 aromatic rings. The topological polar surface area (TPSA) is 54.4 Å². The molecule has 0 atom stereocenters. The van der Waals surface area contributed by atoms with Crippen LogP contribution < -0.4 is 5.32 Å². The minimum absolute atomic E-state index is 0.147. The SMILES string of the molecule is CC(C)CC1=N/C(=C/c2ccccn2)C(=O)N1. The number of aliphatic imine (C=N–C) groups is 1. The van der Waals surface area contributed by atoms with Gasteiger partial charge in [-0.15, -0.1) is 0 Å². The number of hydrogen-bond acceptors (Lipinski definition) is 3. The van der Waals surface area contributed by atoms with Crippen LogP contribution >= 0.6 is 0 Å². The van der Waals surface area contributed by atoms with E-state index in [1.165, 1.54) is 0 Å². The lowest BCUT2D eigenvalue weighted by atomic mass is 10.1. The van der Waals surface area contributed by atoms with Gasteiger partial charge in [-0.3, -0.25) is 9.78 Å². The molecule has 0 aromatic carbocycles. The van der Waals surface area contributed by atoms with Gasteiger partial charge in [-0.1, -0.05) is 19.9 Å². The van der Waals surface area contributed by atoms with Gasteiger partial charge in [0.05, 0.1) is 5.69 Å². The first-order valence-corrected chi connectivity index (χ1v) is 5.67. The Hall–Kier alpha value is -1.97. The van der Waals surface area contributed by atoms with Crippen LogP contribution in [0.5, 0.6) is 0 Å². The molecule has 1 aromatic heterocycles. The van der Waals surface area contributed by atoms with E-state index in [2.05, 4.69) is 29.1 Å². The Kier molecular flexibility index (Phi) is 3.32. The average Bonchev–Trinajstić information content (AvgIpc) is 2.59. The smallest absolute Gasteiger partial charge is 0.275 e. The lowest BCUT2D eigenvalue weighted by molar-refractivity contribution is -0.115. The Bertz CT molecular complexity index is 475. The van der Waals surface area contributed by atoms with Gasteiger partial charge in [-0.25, -0.2) is 4.99 Å². The number of carbonyl (C=O) groups excluding carboxylic acids is 1. The van der Waals surface area contributed by atoms with Gasteiger partial charge in [-0.2, -0.15) is 0 Å². The Balaban J connectivity index is 2.19. The molecule has 0 radical (unpaired) electrons. The molecule has 0 fully saturated rings. The van der Waals surface area contributed by atoms with Gasteiger partial charge in [0, 0.05) is 12.6 Å². The maximum Gasteiger partial charge on any atom is 0.275 e. The minimum Gasteiger partial charge on any atom is -0.309 e. The fourth-order valence-corrected chi connectivity index (χ4v) is 1.60. The Morgan fingerprint density at radius 3 is 2.88 bits per heavy atom. The van der Waals surface area contributed by atoms with Crippen molar-refractivity contribution in [1.82, 2.24) is 10.3 Å². The summed E-state index contributed by atoms with van der Waals surface area (Å²) < 4.78 is 0. The summed E-state index contributed by atoms with van der Waals surface area (Å²) in [7, 11) is 0. The van der Waals surface area contributed by atoms with Crippen LogP contribution in [0.3, 0.4) is 0 Å². The predicted molar refractivity (Wildman–Crippen MR) is 67.2 cm³/mol. The maximum atomic E-state index is 11.6. The van der Waals surface area contributed by atoms with Crippen molar-refractivity contribution in [2.24, 2.45) is 10.9 Å². The number of aromatic nitrogens is 1. The molecule has 2 heterocycles. The van der Waals surface area contributed by atoms with Gasteiger partial charge in [0.15, 0.2) is 0 Å². The van der Waals surface area contributed by atoms with Crippen molar-refractivity contribution in [2.45, 2.75) is 20.3 Å². The average molecular weight is 229 g/mol. The van der Waals surface area contributed by atoms with Crippen LogP contribution in [-0.2, 0) is 4.79 Å². The fraction of sp³-hybridized carbons (Fsp3) is 0.308. The quantitative estimate of drug-likeness (QED) is 0.806. The zero-order valence-electron chi connectivity index (χ0n) is 9.97. The molecule has 0 saturated heterocycles. The van der Waals surface area contributed by atoms with E-state index in [0.29, 0.717) is 11.6 Å². The highest BCUT2D eigenvalue weighted by molar-refractivity contribution is 6.14. The van der Waals surface area contributed by atoms with Crippen molar-refractivity contribution in [3.63, 3.8) is 0 Å². The molecule has 0 saturated carbocycles. The van der Waals surface area contributed by atoms with Crippen LogP contribution in [0, 0.1) is 5.92 Å². The third kappa shape index (κ3) is 3.00. The normalized spacial score (nSPS) is 17.5. The second-order valence-corrected chi connectivity index (χ2v) is 4.39. The van der Waals surface area contributed by atoms with Crippen molar-refractivity contribution in [3.05, 3.63) is 35.8 Å². The monoisotopic (exact) mass is 229 g/mol. The molecule has 0 spiro atoms. The summed E-state index contributed by atoms with van der Waals surface area (Å²) in [4.78, 5) is 20.1. The number of pyridine rings is 1. The standard InChI is InChI=1S/C13H15N3O/c1-9(2)7-12-15-11(13(17)16-12)8-10-5-3-4-6-14-10/h3-6,8-9H,7H2,1-2H3,(H,15,16,17)/b11-8+. The first-order chi connectivity index (χ1) is 8.15. The fourth-order valence-electron chi connectivity index (χ4n) is 1.60. The van der Waals surface area contributed by atoms with E-state index in [9.17, 15) is 4.79 Å². The number of amidine groups is 1. The lowest BCUT2D eigenvalue weighted by Gasteiger charge is -2.02. The second kappa shape index (κ2) is 4.91. The molecule has 17 heavy (non-hydrogen) atoms. The van der Waals surface area contributed by atoms with Gasteiger partial charge < -0.3 is 5.32 Å². The van der Waals surface area contributed by atoms with Crippen molar-refractivity contribution in [1.29, 1.82) is 0 Å². The molecular formula is C13H15N3O. The molecule has 88 valence electrons. The zero-order chi connectivity index (χ0) is 12.3. The molecule has 1 amide bonds. The highest BCUT2D eigenvalue weighted by Gasteiger charge is 2.20.